The summed E-state index contributed by atoms with van der Waals surface area (Å²) in [6.07, 6.45) is 2.42. The van der Waals surface area contributed by atoms with Crippen molar-refractivity contribution in [3.05, 3.63) is 35.4 Å². The number of benzene rings is 1. The van der Waals surface area contributed by atoms with Crippen LogP contribution in [-0.2, 0) is 29.5 Å². The molecule has 0 radical (unpaired) electrons. The maximum atomic E-state index is 12.0. The third-order valence-corrected chi connectivity index (χ3v) is 5.40. The van der Waals surface area contributed by atoms with Crippen molar-refractivity contribution in [2.75, 3.05) is 0 Å². The molecule has 0 aromatic heterocycles. The molecular weight excluding hydrogens is 454 g/mol. The Labute approximate surface area is 166 Å². The van der Waals surface area contributed by atoms with Gasteiger partial charge in [-0.15, -0.1) is 0 Å². The van der Waals surface area contributed by atoms with Crippen molar-refractivity contribution in [3.8, 4) is 0 Å². The van der Waals surface area contributed by atoms with Crippen LogP contribution in [0.2, 0.25) is 0 Å². The normalized spacial score (nSPS) is 20.8. The Morgan fingerprint density at radius 1 is 1.12 bits per heavy atom. The number of halogens is 3. The van der Waals surface area contributed by atoms with Gasteiger partial charge in [-0.3, -0.25) is 0 Å². The van der Waals surface area contributed by atoms with E-state index in [2.05, 4.69) is 45.0 Å². The maximum absolute atomic E-state index is 12.0. The largest absolute Gasteiger partial charge is 0.511 e. The second-order valence-electron chi connectivity index (χ2n) is 6.69. The molecule has 1 aliphatic carbocycles. The van der Waals surface area contributed by atoms with Gasteiger partial charge in [-0.1, -0.05) is 56.5 Å². The van der Waals surface area contributed by atoms with Gasteiger partial charge in [0.1, 0.15) is 0 Å². The average molecular weight is 482 g/mol. The SMILES string of the molecule is Cc1ccc(C(C)C)cc1.N[C@H]1CCCC[C@@H]1NS(=O)(=O)C(F)(F)F.[Ru]. The number of hydrogen-bond acceptors (Lipinski definition) is 3. The van der Waals surface area contributed by atoms with Gasteiger partial charge in [0.2, 0.25) is 0 Å². The van der Waals surface area contributed by atoms with E-state index in [0.717, 1.165) is 6.42 Å². The fourth-order valence-electron chi connectivity index (χ4n) is 2.52. The average Bonchev–Trinajstić information content (AvgIpc) is 2.49. The van der Waals surface area contributed by atoms with Gasteiger partial charge in [0.25, 0.3) is 0 Å². The third-order valence-electron chi connectivity index (χ3n) is 4.17. The van der Waals surface area contributed by atoms with E-state index in [-0.39, 0.29) is 19.5 Å². The molecule has 26 heavy (non-hydrogen) atoms. The molecule has 9 heteroatoms. The zero-order chi connectivity index (χ0) is 19.3. The first-order valence-electron chi connectivity index (χ1n) is 8.35. The molecule has 0 spiro atoms. The van der Waals surface area contributed by atoms with Crippen LogP contribution >= 0.6 is 0 Å². The Morgan fingerprint density at radius 2 is 1.62 bits per heavy atom. The molecule has 0 aliphatic heterocycles. The van der Waals surface area contributed by atoms with Crippen molar-refractivity contribution in [2.24, 2.45) is 5.73 Å². The Hall–Kier alpha value is -0.497. The number of hydrogen-bond donors (Lipinski definition) is 2. The first kappa shape index (κ1) is 25.5. The molecular formula is C17H27F3N2O2RuS. The van der Waals surface area contributed by atoms with E-state index < -0.39 is 27.6 Å². The summed E-state index contributed by atoms with van der Waals surface area (Å²) in [6, 6.07) is 7.38. The van der Waals surface area contributed by atoms with Crippen LogP contribution in [-0.4, -0.2) is 26.0 Å². The first-order valence-corrected chi connectivity index (χ1v) is 9.83. The van der Waals surface area contributed by atoms with Gasteiger partial charge in [0.15, 0.2) is 0 Å². The monoisotopic (exact) mass is 482 g/mol. The van der Waals surface area contributed by atoms with Gasteiger partial charge >= 0.3 is 15.5 Å². The van der Waals surface area contributed by atoms with Crippen molar-refractivity contribution in [3.63, 3.8) is 0 Å². The van der Waals surface area contributed by atoms with Crippen molar-refractivity contribution < 1.29 is 41.1 Å². The number of rotatable bonds is 3. The van der Waals surface area contributed by atoms with Crippen LogP contribution in [0.1, 0.15) is 56.6 Å². The Kier molecular flexibility index (Phi) is 10.5. The molecule has 1 saturated carbocycles. The van der Waals surface area contributed by atoms with Crippen LogP contribution in [0.4, 0.5) is 13.2 Å². The number of aryl methyl sites for hydroxylation is 1. The topological polar surface area (TPSA) is 72.2 Å². The van der Waals surface area contributed by atoms with E-state index in [0.29, 0.717) is 25.2 Å². The second-order valence-corrected chi connectivity index (χ2v) is 8.39. The van der Waals surface area contributed by atoms with Gasteiger partial charge < -0.3 is 5.73 Å². The predicted octanol–water partition coefficient (Wildman–Crippen LogP) is 3.81. The minimum atomic E-state index is -5.26. The van der Waals surface area contributed by atoms with Crippen LogP contribution < -0.4 is 10.5 Å². The van der Waals surface area contributed by atoms with E-state index in [9.17, 15) is 21.6 Å². The smallest absolute Gasteiger partial charge is 0.326 e. The fraction of sp³-hybridized carbons (Fsp3) is 0.647. The molecule has 0 unspecified atom stereocenters. The van der Waals surface area contributed by atoms with Crippen molar-refractivity contribution >= 4 is 10.0 Å². The van der Waals surface area contributed by atoms with Crippen LogP contribution in [0.15, 0.2) is 24.3 Å². The van der Waals surface area contributed by atoms with Gasteiger partial charge in [-0.2, -0.15) is 13.2 Å². The number of alkyl halides is 3. The Morgan fingerprint density at radius 3 is 2.04 bits per heavy atom. The third kappa shape index (κ3) is 8.03. The molecule has 1 aromatic rings. The van der Waals surface area contributed by atoms with Crippen molar-refractivity contribution in [1.29, 1.82) is 0 Å². The molecule has 4 nitrogen and oxygen atoms in total. The number of sulfonamides is 1. The van der Waals surface area contributed by atoms with Gasteiger partial charge in [-0.05, 0) is 31.2 Å². The molecule has 0 amide bonds. The minimum Gasteiger partial charge on any atom is -0.326 e. The van der Waals surface area contributed by atoms with Gasteiger partial charge in [-0.25, -0.2) is 13.1 Å². The minimum absolute atomic E-state index is 0. The van der Waals surface area contributed by atoms with E-state index in [1.54, 1.807) is 4.72 Å². The second kappa shape index (κ2) is 10.7. The molecule has 1 aromatic carbocycles. The van der Waals surface area contributed by atoms with Crippen LogP contribution in [0, 0.1) is 6.92 Å². The molecule has 2 atom stereocenters. The molecule has 0 bridgehead atoms. The molecule has 1 aliphatic rings. The summed E-state index contributed by atoms with van der Waals surface area (Å²) in [6.45, 7) is 6.54. The molecule has 0 saturated heterocycles. The Balaban J connectivity index is 0.000000497. The van der Waals surface area contributed by atoms with E-state index >= 15 is 0 Å². The quantitative estimate of drug-likeness (QED) is 0.645. The summed E-state index contributed by atoms with van der Waals surface area (Å²) in [5, 5.41) is 0. The van der Waals surface area contributed by atoms with E-state index in [4.69, 9.17) is 5.73 Å². The first-order chi connectivity index (χ1) is 11.4. The van der Waals surface area contributed by atoms with Crippen LogP contribution in [0.25, 0.3) is 0 Å². The molecule has 3 N–H and O–H groups in total. The zero-order valence-corrected chi connectivity index (χ0v) is 17.7. The molecule has 0 heterocycles. The fourth-order valence-corrected chi connectivity index (χ4v) is 3.35. The number of nitrogens with one attached hydrogen (secondary N) is 1. The van der Waals surface area contributed by atoms with E-state index in [1.165, 1.54) is 11.1 Å². The molecule has 152 valence electrons. The summed E-state index contributed by atoms with van der Waals surface area (Å²) in [5.74, 6) is 0.653. The van der Waals surface area contributed by atoms with Gasteiger partial charge in [0.05, 0.1) is 0 Å². The Bertz CT molecular complexity index is 634. The van der Waals surface area contributed by atoms with Crippen LogP contribution in [0.3, 0.4) is 0 Å². The predicted molar refractivity (Wildman–Crippen MR) is 93.6 cm³/mol. The summed E-state index contributed by atoms with van der Waals surface area (Å²) in [7, 11) is -5.26. The van der Waals surface area contributed by atoms with Crippen LogP contribution in [0.5, 0.6) is 0 Å². The molecule has 2 rings (SSSR count). The van der Waals surface area contributed by atoms with Crippen molar-refractivity contribution in [1.82, 2.24) is 4.72 Å². The molecule has 1 fully saturated rings. The summed E-state index contributed by atoms with van der Waals surface area (Å²) in [4.78, 5) is 0. The standard InChI is InChI=1S/C10H14.C7H13F3N2O2S.Ru/c1-8(2)10-6-4-9(3)5-7-10;8-7(9,10)15(13,14)12-6-4-2-1-3-5(6)11;/h4-8H,1-3H3;5-6,12H,1-4,11H2;/t;5-,6-;/m.0./s1. The maximum Gasteiger partial charge on any atom is 0.511 e. The van der Waals surface area contributed by atoms with E-state index in [1.807, 2.05) is 0 Å². The van der Waals surface area contributed by atoms with Gasteiger partial charge in [0, 0.05) is 31.6 Å². The number of nitrogens with two attached hydrogens (primary N) is 1. The summed E-state index contributed by atoms with van der Waals surface area (Å²) in [5.41, 5.74) is 3.03. The zero-order valence-electron chi connectivity index (χ0n) is 15.2. The summed E-state index contributed by atoms with van der Waals surface area (Å²) < 4.78 is 59.2. The summed E-state index contributed by atoms with van der Waals surface area (Å²) >= 11 is 0. The van der Waals surface area contributed by atoms with Crippen molar-refractivity contribution in [2.45, 2.75) is 70.0 Å².